The van der Waals surface area contributed by atoms with Gasteiger partial charge in [0.2, 0.25) is 0 Å². The van der Waals surface area contributed by atoms with Gasteiger partial charge in [0.1, 0.15) is 17.7 Å². The Labute approximate surface area is 183 Å². The molecule has 0 fully saturated rings. The summed E-state index contributed by atoms with van der Waals surface area (Å²) in [5.41, 5.74) is 2.83. The SMILES string of the molecule is CC#CC(=O)Nc1ccc(-c2nc3ncnc(NC(C(=O)O)c4ccccc4)c3[nH]2)cc1. The predicted molar refractivity (Wildman–Crippen MR) is 120 cm³/mol. The second-order valence-corrected chi connectivity index (χ2v) is 6.74. The van der Waals surface area contributed by atoms with Crippen molar-refractivity contribution in [1.29, 1.82) is 0 Å². The molecule has 0 saturated heterocycles. The average molecular weight is 426 g/mol. The highest BCUT2D eigenvalue weighted by Crippen LogP contribution is 2.26. The van der Waals surface area contributed by atoms with E-state index in [-0.39, 0.29) is 5.91 Å². The highest BCUT2D eigenvalue weighted by molar-refractivity contribution is 6.04. The molecule has 1 amide bonds. The van der Waals surface area contributed by atoms with Crippen molar-refractivity contribution in [2.75, 3.05) is 10.6 Å². The molecule has 1 atom stereocenters. The van der Waals surface area contributed by atoms with Crippen molar-refractivity contribution in [3.05, 3.63) is 66.5 Å². The number of nitrogens with one attached hydrogen (secondary N) is 3. The standard InChI is InChI=1S/C23H18N6O3/c1-2-6-17(30)26-16-11-9-15(10-12-16)20-28-19-21(24-13-25-22(19)29-20)27-18(23(31)32)14-7-4-3-5-8-14/h3-5,7-13,18H,1H3,(H,26,30)(H,31,32)(H2,24,25,27,28,29). The summed E-state index contributed by atoms with van der Waals surface area (Å²) in [7, 11) is 0. The lowest BCUT2D eigenvalue weighted by Gasteiger charge is -2.15. The highest BCUT2D eigenvalue weighted by atomic mass is 16.4. The zero-order valence-corrected chi connectivity index (χ0v) is 17.0. The Morgan fingerprint density at radius 3 is 2.50 bits per heavy atom. The van der Waals surface area contributed by atoms with Crippen LogP contribution in [0.15, 0.2) is 60.9 Å². The van der Waals surface area contributed by atoms with Gasteiger partial charge in [0.05, 0.1) is 0 Å². The molecule has 0 saturated carbocycles. The molecule has 0 aliphatic carbocycles. The van der Waals surface area contributed by atoms with E-state index in [0.717, 1.165) is 5.56 Å². The van der Waals surface area contributed by atoms with E-state index in [1.165, 1.54) is 6.33 Å². The molecule has 0 aliphatic heterocycles. The molecular weight excluding hydrogens is 408 g/mol. The molecule has 0 aliphatic rings. The number of carbonyl (C=O) groups excluding carboxylic acids is 1. The lowest BCUT2D eigenvalue weighted by molar-refractivity contribution is -0.138. The van der Waals surface area contributed by atoms with Gasteiger partial charge in [-0.15, -0.1) is 0 Å². The fourth-order valence-corrected chi connectivity index (χ4v) is 3.13. The van der Waals surface area contributed by atoms with Crippen molar-refractivity contribution in [3.8, 4) is 23.2 Å². The first-order chi connectivity index (χ1) is 15.5. The number of anilines is 2. The molecule has 2 aromatic heterocycles. The predicted octanol–water partition coefficient (Wildman–Crippen LogP) is 3.22. The monoisotopic (exact) mass is 426 g/mol. The van der Waals surface area contributed by atoms with Gasteiger partial charge < -0.3 is 20.7 Å². The zero-order valence-electron chi connectivity index (χ0n) is 17.0. The van der Waals surface area contributed by atoms with Crippen molar-refractivity contribution in [3.63, 3.8) is 0 Å². The van der Waals surface area contributed by atoms with E-state index >= 15 is 0 Å². The van der Waals surface area contributed by atoms with Crippen molar-refractivity contribution in [2.45, 2.75) is 13.0 Å². The van der Waals surface area contributed by atoms with Gasteiger partial charge in [-0.2, -0.15) is 0 Å². The molecule has 4 aromatic rings. The Kier molecular flexibility index (Phi) is 5.76. The Morgan fingerprint density at radius 1 is 1.06 bits per heavy atom. The maximum absolute atomic E-state index is 11.8. The zero-order chi connectivity index (χ0) is 22.5. The van der Waals surface area contributed by atoms with E-state index in [1.807, 2.05) is 6.07 Å². The van der Waals surface area contributed by atoms with Crippen LogP contribution in [0.2, 0.25) is 0 Å². The first kappa shape index (κ1) is 20.6. The van der Waals surface area contributed by atoms with Crippen LogP contribution in [-0.4, -0.2) is 36.9 Å². The summed E-state index contributed by atoms with van der Waals surface area (Å²) in [5.74, 6) is 4.39. The summed E-state index contributed by atoms with van der Waals surface area (Å²) in [6.07, 6.45) is 1.33. The van der Waals surface area contributed by atoms with E-state index in [2.05, 4.69) is 42.4 Å². The lowest BCUT2D eigenvalue weighted by Crippen LogP contribution is -2.21. The number of benzene rings is 2. The first-order valence-corrected chi connectivity index (χ1v) is 9.64. The maximum atomic E-state index is 11.8. The van der Waals surface area contributed by atoms with Crippen molar-refractivity contribution >= 4 is 34.5 Å². The summed E-state index contributed by atoms with van der Waals surface area (Å²) < 4.78 is 0. The van der Waals surface area contributed by atoms with Crippen molar-refractivity contribution in [2.24, 2.45) is 0 Å². The van der Waals surface area contributed by atoms with Gasteiger partial charge >= 0.3 is 5.97 Å². The second kappa shape index (κ2) is 8.97. The third kappa shape index (κ3) is 4.39. The normalized spacial score (nSPS) is 11.3. The molecule has 2 heterocycles. The summed E-state index contributed by atoms with van der Waals surface area (Å²) in [5, 5.41) is 15.3. The Bertz CT molecular complexity index is 1340. The van der Waals surface area contributed by atoms with Crippen LogP contribution in [0.3, 0.4) is 0 Å². The number of carbonyl (C=O) groups is 2. The summed E-state index contributed by atoms with van der Waals surface area (Å²) >= 11 is 0. The smallest absolute Gasteiger partial charge is 0.330 e. The number of amides is 1. The molecule has 32 heavy (non-hydrogen) atoms. The van der Waals surface area contributed by atoms with E-state index in [0.29, 0.717) is 34.1 Å². The van der Waals surface area contributed by atoms with Crippen LogP contribution in [0.5, 0.6) is 0 Å². The number of imidazole rings is 1. The van der Waals surface area contributed by atoms with E-state index in [1.54, 1.807) is 55.5 Å². The van der Waals surface area contributed by atoms with Crippen LogP contribution in [0, 0.1) is 11.8 Å². The number of aromatic amines is 1. The Morgan fingerprint density at radius 2 is 1.81 bits per heavy atom. The maximum Gasteiger partial charge on any atom is 0.330 e. The topological polar surface area (TPSA) is 133 Å². The average Bonchev–Trinajstić information content (AvgIpc) is 3.23. The quantitative estimate of drug-likeness (QED) is 0.348. The summed E-state index contributed by atoms with van der Waals surface area (Å²) in [6, 6.07) is 14.9. The molecule has 2 aromatic carbocycles. The molecule has 0 spiro atoms. The Hall–Kier alpha value is -4.71. The molecule has 9 nitrogen and oxygen atoms in total. The number of nitrogens with zero attached hydrogens (tertiary/aromatic N) is 3. The van der Waals surface area contributed by atoms with Crippen LogP contribution in [0.1, 0.15) is 18.5 Å². The number of hydrogen-bond donors (Lipinski definition) is 4. The van der Waals surface area contributed by atoms with E-state index < -0.39 is 12.0 Å². The largest absolute Gasteiger partial charge is 0.479 e. The molecule has 1 unspecified atom stereocenters. The molecule has 0 bridgehead atoms. The van der Waals surface area contributed by atoms with Crippen LogP contribution in [-0.2, 0) is 9.59 Å². The van der Waals surface area contributed by atoms with E-state index in [4.69, 9.17) is 0 Å². The summed E-state index contributed by atoms with van der Waals surface area (Å²) in [4.78, 5) is 39.5. The first-order valence-electron chi connectivity index (χ1n) is 9.64. The number of H-pyrrole nitrogens is 1. The van der Waals surface area contributed by atoms with Gasteiger partial charge in [0, 0.05) is 11.3 Å². The van der Waals surface area contributed by atoms with Crippen molar-refractivity contribution in [1.82, 2.24) is 19.9 Å². The third-order valence-electron chi connectivity index (χ3n) is 4.60. The second-order valence-electron chi connectivity index (χ2n) is 6.74. The van der Waals surface area contributed by atoms with Gasteiger partial charge in [0.25, 0.3) is 5.91 Å². The number of aliphatic carboxylic acids is 1. The fourth-order valence-electron chi connectivity index (χ4n) is 3.13. The summed E-state index contributed by atoms with van der Waals surface area (Å²) in [6.45, 7) is 1.59. The van der Waals surface area contributed by atoms with Gasteiger partial charge in [-0.3, -0.25) is 4.79 Å². The van der Waals surface area contributed by atoms with Crippen LogP contribution in [0.4, 0.5) is 11.5 Å². The lowest BCUT2D eigenvalue weighted by atomic mass is 10.1. The van der Waals surface area contributed by atoms with Gasteiger partial charge in [-0.1, -0.05) is 36.3 Å². The van der Waals surface area contributed by atoms with Crippen LogP contribution < -0.4 is 10.6 Å². The molecule has 158 valence electrons. The van der Waals surface area contributed by atoms with Gasteiger partial charge in [-0.25, -0.2) is 19.7 Å². The minimum absolute atomic E-state index is 0.326. The number of fused-ring (bicyclic) bond motifs is 1. The van der Waals surface area contributed by atoms with Crippen LogP contribution >= 0.6 is 0 Å². The van der Waals surface area contributed by atoms with E-state index in [9.17, 15) is 14.7 Å². The van der Waals surface area contributed by atoms with Gasteiger partial charge in [-0.05, 0) is 42.7 Å². The Balaban J connectivity index is 1.63. The molecular formula is C23H18N6O3. The van der Waals surface area contributed by atoms with Crippen molar-refractivity contribution < 1.29 is 14.7 Å². The third-order valence-corrected chi connectivity index (χ3v) is 4.60. The highest BCUT2D eigenvalue weighted by Gasteiger charge is 2.22. The molecule has 0 radical (unpaired) electrons. The number of aromatic nitrogens is 4. The van der Waals surface area contributed by atoms with Crippen LogP contribution in [0.25, 0.3) is 22.6 Å². The molecule has 4 rings (SSSR count). The number of carboxylic acids is 1. The number of hydrogen-bond acceptors (Lipinski definition) is 6. The van der Waals surface area contributed by atoms with Gasteiger partial charge in [0.15, 0.2) is 17.5 Å². The fraction of sp³-hybridized carbons (Fsp3) is 0.0870. The number of rotatable bonds is 6. The molecule has 9 heteroatoms. The minimum Gasteiger partial charge on any atom is -0.479 e. The molecule has 4 N–H and O–H groups in total. The minimum atomic E-state index is -1.03. The number of carboxylic acid groups (broad SMARTS) is 1.